The number of hydrogen-bond donors (Lipinski definition) is 3. The molecule has 2 aliphatic heterocycles. The molecule has 7 nitrogen and oxygen atoms in total. The largest absolute Gasteiger partial charge is 0.454 e. The Bertz CT molecular complexity index is 474. The molecular formula is C9H11N3O4. The van der Waals surface area contributed by atoms with Crippen molar-refractivity contribution in [3.8, 4) is 6.01 Å². The van der Waals surface area contributed by atoms with Crippen LogP contribution in [0, 0.1) is 5.41 Å². The molecule has 3 heterocycles. The van der Waals surface area contributed by atoms with Gasteiger partial charge in [0, 0.05) is 6.20 Å². The molecule has 0 spiro atoms. The van der Waals surface area contributed by atoms with Gasteiger partial charge in [0.2, 0.25) is 0 Å². The van der Waals surface area contributed by atoms with E-state index in [2.05, 4.69) is 4.98 Å². The normalized spacial score (nSPS) is 35.6. The fourth-order valence-corrected chi connectivity index (χ4v) is 2.04. The van der Waals surface area contributed by atoms with Crippen LogP contribution in [-0.4, -0.2) is 44.7 Å². The molecule has 4 atom stereocenters. The summed E-state index contributed by atoms with van der Waals surface area (Å²) < 4.78 is 12.5. The maximum Gasteiger partial charge on any atom is 0.301 e. The van der Waals surface area contributed by atoms with Crippen molar-refractivity contribution in [1.29, 1.82) is 5.41 Å². The zero-order valence-corrected chi connectivity index (χ0v) is 8.28. The van der Waals surface area contributed by atoms with E-state index in [1.165, 1.54) is 6.07 Å². The van der Waals surface area contributed by atoms with Crippen molar-refractivity contribution in [2.24, 2.45) is 0 Å². The summed E-state index contributed by atoms with van der Waals surface area (Å²) in [7, 11) is 0. The summed E-state index contributed by atoms with van der Waals surface area (Å²) >= 11 is 0. The molecule has 0 aromatic carbocycles. The number of ether oxygens (including phenoxy) is 2. The molecular weight excluding hydrogens is 214 g/mol. The maximum atomic E-state index is 9.80. The lowest BCUT2D eigenvalue weighted by Crippen LogP contribution is -2.34. The molecule has 16 heavy (non-hydrogen) atoms. The molecule has 0 bridgehead atoms. The third kappa shape index (κ3) is 1.19. The Morgan fingerprint density at radius 2 is 2.38 bits per heavy atom. The van der Waals surface area contributed by atoms with Gasteiger partial charge in [0.1, 0.15) is 12.2 Å². The fraction of sp³-hybridized carbons (Fsp3) is 0.556. The van der Waals surface area contributed by atoms with E-state index in [9.17, 15) is 5.11 Å². The Balaban J connectivity index is 1.99. The van der Waals surface area contributed by atoms with Crippen LogP contribution in [0.25, 0.3) is 0 Å². The third-order valence-electron chi connectivity index (χ3n) is 2.84. The van der Waals surface area contributed by atoms with Crippen LogP contribution < -0.4 is 10.2 Å². The van der Waals surface area contributed by atoms with E-state index < -0.39 is 24.5 Å². The van der Waals surface area contributed by atoms with Crippen molar-refractivity contribution in [1.82, 2.24) is 9.55 Å². The predicted molar refractivity (Wildman–Crippen MR) is 49.5 cm³/mol. The van der Waals surface area contributed by atoms with E-state index in [1.54, 1.807) is 10.8 Å². The highest BCUT2D eigenvalue weighted by molar-refractivity contribution is 5.10. The van der Waals surface area contributed by atoms with Crippen molar-refractivity contribution in [2.45, 2.75) is 24.5 Å². The molecule has 3 N–H and O–H groups in total. The molecule has 1 saturated heterocycles. The number of nitrogens with zero attached hydrogens (tertiary/aromatic N) is 2. The lowest BCUT2D eigenvalue weighted by molar-refractivity contribution is -0.0434. The Labute approximate surface area is 90.4 Å². The summed E-state index contributed by atoms with van der Waals surface area (Å²) in [6.07, 6.45) is -0.930. The molecule has 1 aromatic rings. The van der Waals surface area contributed by atoms with Crippen molar-refractivity contribution in [3.05, 3.63) is 17.8 Å². The van der Waals surface area contributed by atoms with Gasteiger partial charge in [-0.05, 0) is 6.07 Å². The standard InChI is InChI=1S/C9H11N3O4/c10-5-1-2-12-8-7(16-9(12)11-5)6(14)4(3-13)15-8/h1-2,4,6-8,10,13-14H,3H2/t4-,6-,7?,8-/m1/s1. The molecule has 1 fully saturated rings. The molecule has 0 aliphatic carbocycles. The average molecular weight is 225 g/mol. The number of rotatable bonds is 1. The first-order chi connectivity index (χ1) is 7.70. The maximum absolute atomic E-state index is 9.80. The van der Waals surface area contributed by atoms with Crippen molar-refractivity contribution in [2.75, 3.05) is 6.61 Å². The second-order valence-corrected chi connectivity index (χ2v) is 3.82. The molecule has 1 aromatic heterocycles. The Hall–Kier alpha value is -1.44. The van der Waals surface area contributed by atoms with Gasteiger partial charge in [-0.2, -0.15) is 4.98 Å². The number of aromatic nitrogens is 2. The molecule has 0 amide bonds. The van der Waals surface area contributed by atoms with E-state index in [0.29, 0.717) is 0 Å². The van der Waals surface area contributed by atoms with Crippen LogP contribution in [0.5, 0.6) is 6.01 Å². The quantitative estimate of drug-likeness (QED) is 0.533. The molecule has 0 radical (unpaired) electrons. The highest BCUT2D eigenvalue weighted by Crippen LogP contribution is 2.38. The summed E-state index contributed by atoms with van der Waals surface area (Å²) in [6, 6.07) is 1.77. The van der Waals surface area contributed by atoms with Gasteiger partial charge in [-0.3, -0.25) is 9.98 Å². The van der Waals surface area contributed by atoms with Gasteiger partial charge in [-0.15, -0.1) is 0 Å². The van der Waals surface area contributed by atoms with Crippen LogP contribution in [-0.2, 0) is 4.74 Å². The highest BCUT2D eigenvalue weighted by atomic mass is 16.6. The van der Waals surface area contributed by atoms with Gasteiger partial charge in [0.25, 0.3) is 0 Å². The minimum atomic E-state index is -0.883. The van der Waals surface area contributed by atoms with E-state index in [1.807, 2.05) is 0 Å². The summed E-state index contributed by atoms with van der Waals surface area (Å²) in [6.45, 7) is -0.253. The predicted octanol–water partition coefficient (Wildman–Crippen LogP) is -1.63. The van der Waals surface area contributed by atoms with Crippen LogP contribution in [0.3, 0.4) is 0 Å². The lowest BCUT2D eigenvalue weighted by Gasteiger charge is -2.14. The van der Waals surface area contributed by atoms with Gasteiger partial charge >= 0.3 is 6.01 Å². The van der Waals surface area contributed by atoms with Gasteiger partial charge in [0.15, 0.2) is 17.8 Å². The second-order valence-electron chi connectivity index (χ2n) is 3.82. The minimum absolute atomic E-state index is 0.0967. The Morgan fingerprint density at radius 1 is 1.56 bits per heavy atom. The number of hydrogen-bond acceptors (Lipinski definition) is 6. The SMILES string of the molecule is N=c1ccn2c(n1)OC1[C@H]2O[C@H](CO)[C@H]1O. The lowest BCUT2D eigenvalue weighted by atomic mass is 10.1. The van der Waals surface area contributed by atoms with Crippen molar-refractivity contribution < 1.29 is 19.7 Å². The average Bonchev–Trinajstić information content (AvgIpc) is 2.75. The first kappa shape index (κ1) is 9.76. The zero-order chi connectivity index (χ0) is 11.3. The van der Waals surface area contributed by atoms with E-state index in [-0.39, 0.29) is 18.1 Å². The molecule has 2 aliphatic rings. The second kappa shape index (κ2) is 3.27. The molecule has 7 heteroatoms. The van der Waals surface area contributed by atoms with Crippen LogP contribution in [0.2, 0.25) is 0 Å². The summed E-state index contributed by atoms with van der Waals surface area (Å²) in [5.41, 5.74) is 0.0967. The number of fused-ring (bicyclic) bond motifs is 3. The van der Waals surface area contributed by atoms with Gasteiger partial charge in [-0.1, -0.05) is 0 Å². The van der Waals surface area contributed by atoms with Crippen LogP contribution >= 0.6 is 0 Å². The van der Waals surface area contributed by atoms with Gasteiger partial charge in [-0.25, -0.2) is 0 Å². The highest BCUT2D eigenvalue weighted by Gasteiger charge is 2.50. The van der Waals surface area contributed by atoms with E-state index in [4.69, 9.17) is 20.0 Å². The topological polar surface area (TPSA) is 101 Å². The number of nitrogens with one attached hydrogen (secondary N) is 1. The summed E-state index contributed by atoms with van der Waals surface area (Å²) in [5, 5.41) is 26.1. The third-order valence-corrected chi connectivity index (χ3v) is 2.84. The first-order valence-electron chi connectivity index (χ1n) is 4.95. The van der Waals surface area contributed by atoms with Crippen LogP contribution in [0.15, 0.2) is 12.3 Å². The Morgan fingerprint density at radius 3 is 3.12 bits per heavy atom. The molecule has 86 valence electrons. The Kier molecular flexibility index (Phi) is 2.00. The van der Waals surface area contributed by atoms with Gasteiger partial charge in [0.05, 0.1) is 6.61 Å². The van der Waals surface area contributed by atoms with Crippen molar-refractivity contribution in [3.63, 3.8) is 0 Å². The molecule has 1 unspecified atom stereocenters. The van der Waals surface area contributed by atoms with Gasteiger partial charge < -0.3 is 19.7 Å². The van der Waals surface area contributed by atoms with E-state index in [0.717, 1.165) is 0 Å². The fourth-order valence-electron chi connectivity index (χ4n) is 2.04. The monoisotopic (exact) mass is 225 g/mol. The van der Waals surface area contributed by atoms with E-state index >= 15 is 0 Å². The number of aliphatic hydroxyl groups excluding tert-OH is 2. The van der Waals surface area contributed by atoms with Crippen LogP contribution in [0.4, 0.5) is 0 Å². The van der Waals surface area contributed by atoms with Crippen molar-refractivity contribution >= 4 is 0 Å². The molecule has 3 rings (SSSR count). The summed E-state index contributed by atoms with van der Waals surface area (Å²) in [5.74, 6) is 0. The zero-order valence-electron chi connectivity index (χ0n) is 8.28. The summed E-state index contributed by atoms with van der Waals surface area (Å²) in [4.78, 5) is 3.88. The first-order valence-corrected chi connectivity index (χ1v) is 4.95. The smallest absolute Gasteiger partial charge is 0.301 e. The minimum Gasteiger partial charge on any atom is -0.454 e. The number of aliphatic hydroxyl groups is 2. The molecule has 0 saturated carbocycles. The van der Waals surface area contributed by atoms with Crippen LogP contribution in [0.1, 0.15) is 6.23 Å².